The van der Waals surface area contributed by atoms with Crippen LogP contribution < -0.4 is 5.32 Å². The molecule has 0 amide bonds. The summed E-state index contributed by atoms with van der Waals surface area (Å²) in [7, 11) is 3.74. The molecule has 3 aromatic rings. The average molecular weight is 405 g/mol. The molecular weight excluding hydrogens is 384 g/mol. The van der Waals surface area contributed by atoms with E-state index in [1.54, 1.807) is 30.5 Å². The number of thiazole rings is 1. The first-order valence-electron chi connectivity index (χ1n) is 8.46. The third-order valence-electron chi connectivity index (χ3n) is 3.83. The van der Waals surface area contributed by atoms with Crippen molar-refractivity contribution in [1.82, 2.24) is 25.3 Å². The molecule has 0 saturated heterocycles. The highest BCUT2D eigenvalue weighted by molar-refractivity contribution is 7.09. The highest BCUT2D eigenvalue weighted by Crippen LogP contribution is 2.18. The van der Waals surface area contributed by atoms with Gasteiger partial charge in [-0.1, -0.05) is 16.8 Å². The molecule has 0 aliphatic carbocycles. The minimum atomic E-state index is 0.557. The number of rotatable bonds is 6. The lowest BCUT2D eigenvalue weighted by molar-refractivity contribution is 0.377. The Morgan fingerprint density at radius 1 is 1.30 bits per heavy atom. The fraction of sp³-hybridized carbons (Fsp3) is 0.333. The van der Waals surface area contributed by atoms with Crippen molar-refractivity contribution in [3.05, 3.63) is 51.3 Å². The average Bonchev–Trinajstić information content (AvgIpc) is 3.28. The van der Waals surface area contributed by atoms with Crippen LogP contribution in [0, 0.1) is 6.92 Å². The van der Waals surface area contributed by atoms with Crippen molar-refractivity contribution >= 4 is 28.9 Å². The van der Waals surface area contributed by atoms with E-state index in [0.717, 1.165) is 22.2 Å². The zero-order valence-electron chi connectivity index (χ0n) is 15.4. The molecule has 0 aliphatic heterocycles. The molecule has 3 rings (SSSR count). The van der Waals surface area contributed by atoms with Crippen molar-refractivity contribution in [3.8, 4) is 11.4 Å². The summed E-state index contributed by atoms with van der Waals surface area (Å²) in [6.45, 7) is 3.34. The number of nitrogens with one attached hydrogen (secondary N) is 1. The first-order valence-corrected chi connectivity index (χ1v) is 9.72. The van der Waals surface area contributed by atoms with Crippen molar-refractivity contribution < 1.29 is 4.52 Å². The number of aryl methyl sites for hydroxylation is 1. The Labute approximate surface area is 167 Å². The standard InChI is InChI=1S/C18H21ClN6OS/c1-12-22-15(11-27-12)10-25(3)18(20-2)21-9-8-16-23-17(24-26-16)13-4-6-14(19)7-5-13/h4-7,11H,8-10H2,1-3H3,(H,20,21). The van der Waals surface area contributed by atoms with E-state index in [9.17, 15) is 0 Å². The smallest absolute Gasteiger partial charge is 0.228 e. The number of halogens is 1. The van der Waals surface area contributed by atoms with Gasteiger partial charge in [-0.15, -0.1) is 11.3 Å². The van der Waals surface area contributed by atoms with Crippen LogP contribution in [0.25, 0.3) is 11.4 Å². The number of guanidine groups is 1. The summed E-state index contributed by atoms with van der Waals surface area (Å²) in [6, 6.07) is 7.34. The summed E-state index contributed by atoms with van der Waals surface area (Å²) in [5.41, 5.74) is 1.91. The maximum absolute atomic E-state index is 5.90. The third-order valence-corrected chi connectivity index (χ3v) is 4.91. The lowest BCUT2D eigenvalue weighted by Gasteiger charge is -2.20. The molecule has 1 N–H and O–H groups in total. The van der Waals surface area contributed by atoms with Crippen LogP contribution in [0.15, 0.2) is 39.2 Å². The summed E-state index contributed by atoms with van der Waals surface area (Å²) in [5, 5.41) is 11.1. The Morgan fingerprint density at radius 3 is 2.74 bits per heavy atom. The Bertz CT molecular complexity index is 905. The van der Waals surface area contributed by atoms with Crippen molar-refractivity contribution in [1.29, 1.82) is 0 Å². The molecule has 2 heterocycles. The number of nitrogens with zero attached hydrogens (tertiary/aromatic N) is 5. The second kappa shape index (κ2) is 8.96. The molecule has 0 fully saturated rings. The molecule has 27 heavy (non-hydrogen) atoms. The Morgan fingerprint density at radius 2 is 2.07 bits per heavy atom. The van der Waals surface area contributed by atoms with Gasteiger partial charge in [0, 0.05) is 43.0 Å². The van der Waals surface area contributed by atoms with Crippen molar-refractivity contribution in [2.24, 2.45) is 4.99 Å². The fourth-order valence-electron chi connectivity index (χ4n) is 2.54. The SMILES string of the molecule is CN=C(NCCc1nc(-c2ccc(Cl)cc2)no1)N(C)Cc1csc(C)n1. The number of hydrogen-bond donors (Lipinski definition) is 1. The van der Waals surface area contributed by atoms with Crippen molar-refractivity contribution in [2.45, 2.75) is 19.9 Å². The van der Waals surface area contributed by atoms with Gasteiger partial charge in [-0.25, -0.2) is 4.98 Å². The van der Waals surface area contributed by atoms with E-state index in [1.807, 2.05) is 31.0 Å². The van der Waals surface area contributed by atoms with E-state index < -0.39 is 0 Å². The first kappa shape index (κ1) is 19.3. The number of aliphatic imine (C=N–C) groups is 1. The normalized spacial score (nSPS) is 11.6. The summed E-state index contributed by atoms with van der Waals surface area (Å²) >= 11 is 7.55. The summed E-state index contributed by atoms with van der Waals surface area (Å²) in [4.78, 5) is 15.3. The minimum absolute atomic E-state index is 0.557. The van der Waals surface area contributed by atoms with Gasteiger partial charge in [0.25, 0.3) is 0 Å². The van der Waals surface area contributed by atoms with Gasteiger partial charge in [-0.3, -0.25) is 4.99 Å². The minimum Gasteiger partial charge on any atom is -0.356 e. The zero-order valence-corrected chi connectivity index (χ0v) is 17.0. The molecule has 0 radical (unpaired) electrons. The maximum atomic E-state index is 5.90. The molecule has 9 heteroatoms. The highest BCUT2D eigenvalue weighted by Gasteiger charge is 2.11. The molecule has 7 nitrogen and oxygen atoms in total. The molecule has 2 aromatic heterocycles. The maximum Gasteiger partial charge on any atom is 0.228 e. The fourth-order valence-corrected chi connectivity index (χ4v) is 3.27. The first-order chi connectivity index (χ1) is 13.0. The van der Waals surface area contributed by atoms with E-state index >= 15 is 0 Å². The molecule has 142 valence electrons. The molecule has 0 aliphatic rings. The van der Waals surface area contributed by atoms with Gasteiger partial charge < -0.3 is 14.7 Å². The largest absolute Gasteiger partial charge is 0.356 e. The molecular formula is C18H21ClN6OS. The zero-order chi connectivity index (χ0) is 19.2. The molecule has 1 aromatic carbocycles. The number of benzene rings is 1. The molecule has 0 unspecified atom stereocenters. The van der Waals surface area contributed by atoms with Crippen LogP contribution in [-0.4, -0.2) is 46.6 Å². The van der Waals surface area contributed by atoms with Gasteiger partial charge in [0.15, 0.2) is 5.96 Å². The topological polar surface area (TPSA) is 79.4 Å². The van der Waals surface area contributed by atoms with Gasteiger partial charge in [0.1, 0.15) is 0 Å². The predicted molar refractivity (Wildman–Crippen MR) is 108 cm³/mol. The van der Waals surface area contributed by atoms with E-state index in [2.05, 4.69) is 30.8 Å². The van der Waals surface area contributed by atoms with E-state index in [0.29, 0.717) is 36.2 Å². The van der Waals surface area contributed by atoms with E-state index in [-0.39, 0.29) is 0 Å². The molecule has 0 spiro atoms. The third kappa shape index (κ3) is 5.27. The van der Waals surface area contributed by atoms with E-state index in [1.165, 1.54) is 0 Å². The van der Waals surface area contributed by atoms with Crippen LogP contribution in [0.1, 0.15) is 16.6 Å². The summed E-state index contributed by atoms with van der Waals surface area (Å²) in [5.74, 6) is 1.92. The predicted octanol–water partition coefficient (Wildman–Crippen LogP) is 3.40. The lowest BCUT2D eigenvalue weighted by Crippen LogP contribution is -2.39. The van der Waals surface area contributed by atoms with Crippen LogP contribution in [0.2, 0.25) is 5.02 Å². The lowest BCUT2D eigenvalue weighted by atomic mass is 10.2. The van der Waals surface area contributed by atoms with Crippen LogP contribution >= 0.6 is 22.9 Å². The highest BCUT2D eigenvalue weighted by atomic mass is 35.5. The quantitative estimate of drug-likeness (QED) is 0.501. The second-order valence-corrected chi connectivity index (χ2v) is 7.46. The van der Waals surface area contributed by atoms with Crippen LogP contribution in [0.5, 0.6) is 0 Å². The van der Waals surface area contributed by atoms with Gasteiger partial charge in [-0.2, -0.15) is 4.98 Å². The van der Waals surface area contributed by atoms with Gasteiger partial charge in [0.2, 0.25) is 11.7 Å². The number of aromatic nitrogens is 3. The van der Waals surface area contributed by atoms with Crippen molar-refractivity contribution in [3.63, 3.8) is 0 Å². The number of hydrogen-bond acceptors (Lipinski definition) is 6. The van der Waals surface area contributed by atoms with Gasteiger partial charge in [0.05, 0.1) is 17.2 Å². The van der Waals surface area contributed by atoms with Crippen LogP contribution in [0.3, 0.4) is 0 Å². The Hall–Kier alpha value is -2.45. The molecule has 0 saturated carbocycles. The van der Waals surface area contributed by atoms with Gasteiger partial charge in [-0.05, 0) is 31.2 Å². The van der Waals surface area contributed by atoms with Crippen molar-refractivity contribution in [2.75, 3.05) is 20.6 Å². The monoisotopic (exact) mass is 404 g/mol. The van der Waals surface area contributed by atoms with Gasteiger partial charge >= 0.3 is 0 Å². The second-order valence-electron chi connectivity index (χ2n) is 5.96. The molecule has 0 atom stereocenters. The Kier molecular flexibility index (Phi) is 6.41. The van der Waals surface area contributed by atoms with Crippen LogP contribution in [0.4, 0.5) is 0 Å². The Balaban J connectivity index is 1.51. The van der Waals surface area contributed by atoms with E-state index in [4.69, 9.17) is 16.1 Å². The van der Waals surface area contributed by atoms with Crippen LogP contribution in [-0.2, 0) is 13.0 Å². The summed E-state index contributed by atoms with van der Waals surface area (Å²) in [6.07, 6.45) is 0.600. The summed E-state index contributed by atoms with van der Waals surface area (Å²) < 4.78 is 5.33. The molecule has 0 bridgehead atoms.